The Morgan fingerprint density at radius 3 is 2.94 bits per heavy atom. The van der Waals surface area contributed by atoms with E-state index in [0.717, 1.165) is 18.1 Å². The van der Waals surface area contributed by atoms with E-state index in [2.05, 4.69) is 16.6 Å². The van der Waals surface area contributed by atoms with E-state index in [1.165, 1.54) is 19.3 Å². The van der Waals surface area contributed by atoms with Gasteiger partial charge in [0.1, 0.15) is 0 Å². The molecule has 0 bridgehead atoms. The van der Waals surface area contributed by atoms with Gasteiger partial charge in [0.05, 0.1) is 7.11 Å². The van der Waals surface area contributed by atoms with Crippen LogP contribution in [0.3, 0.4) is 0 Å². The van der Waals surface area contributed by atoms with Crippen molar-refractivity contribution in [2.75, 3.05) is 25.2 Å². The molecule has 1 N–H and O–H groups in total. The summed E-state index contributed by atoms with van der Waals surface area (Å²) in [6, 6.07) is 3.82. The third-order valence-corrected chi connectivity index (χ3v) is 4.69. The molecule has 1 saturated carbocycles. The summed E-state index contributed by atoms with van der Waals surface area (Å²) in [5.74, 6) is 1.67. The van der Waals surface area contributed by atoms with Crippen LogP contribution in [0.5, 0.6) is 5.75 Å². The zero-order valence-corrected chi connectivity index (χ0v) is 10.6. The number of anilines is 1. The number of nitrogens with one attached hydrogen (secondary N) is 1. The molecule has 16 heavy (non-hydrogen) atoms. The number of hydrogen-bond acceptors (Lipinski definition) is 4. The lowest BCUT2D eigenvalue weighted by Gasteiger charge is -2.40. The quantitative estimate of drug-likeness (QED) is 0.855. The number of thioether (sulfide) groups is 1. The van der Waals surface area contributed by atoms with Crippen molar-refractivity contribution in [3.05, 3.63) is 18.3 Å². The highest BCUT2D eigenvalue weighted by atomic mass is 32.2. The second-order valence-electron chi connectivity index (χ2n) is 4.15. The monoisotopic (exact) mass is 238 g/mol. The second-order valence-corrected chi connectivity index (χ2v) is 5.42. The molecule has 1 heterocycles. The standard InChI is InChI=1S/C12H18N2OS/c1-15-10-5-3-8-13-11(10)14-9-12(16-2)6-4-7-12/h3,5,8H,4,6-7,9H2,1-2H3,(H,13,14). The van der Waals surface area contributed by atoms with Crippen LogP contribution < -0.4 is 10.1 Å². The first-order valence-electron chi connectivity index (χ1n) is 5.58. The summed E-state index contributed by atoms with van der Waals surface area (Å²) in [4.78, 5) is 4.30. The fraction of sp³-hybridized carbons (Fsp3) is 0.583. The number of pyridine rings is 1. The zero-order chi connectivity index (χ0) is 11.4. The Morgan fingerprint density at radius 1 is 1.56 bits per heavy atom. The lowest BCUT2D eigenvalue weighted by molar-refractivity contribution is 0.377. The van der Waals surface area contributed by atoms with Gasteiger partial charge >= 0.3 is 0 Å². The molecule has 0 atom stereocenters. The number of methoxy groups -OCH3 is 1. The van der Waals surface area contributed by atoms with Crippen LogP contribution >= 0.6 is 11.8 Å². The Morgan fingerprint density at radius 2 is 2.38 bits per heavy atom. The summed E-state index contributed by atoms with van der Waals surface area (Å²) in [5.41, 5.74) is 0. The topological polar surface area (TPSA) is 34.1 Å². The van der Waals surface area contributed by atoms with Crippen LogP contribution in [0.1, 0.15) is 19.3 Å². The largest absolute Gasteiger partial charge is 0.493 e. The third-order valence-electron chi connectivity index (χ3n) is 3.27. The molecule has 1 aromatic rings. The molecule has 88 valence electrons. The molecule has 1 aliphatic carbocycles. The minimum atomic E-state index is 0.419. The lowest BCUT2D eigenvalue weighted by atomic mass is 9.84. The molecule has 1 aliphatic rings. The van der Waals surface area contributed by atoms with Gasteiger partial charge in [-0.25, -0.2) is 4.98 Å². The first kappa shape index (κ1) is 11.6. The molecule has 1 aromatic heterocycles. The van der Waals surface area contributed by atoms with Gasteiger partial charge in [0.2, 0.25) is 0 Å². The molecule has 3 nitrogen and oxygen atoms in total. The summed E-state index contributed by atoms with van der Waals surface area (Å²) >= 11 is 1.96. The van der Waals surface area contributed by atoms with Crippen LogP contribution in [0.25, 0.3) is 0 Å². The summed E-state index contributed by atoms with van der Waals surface area (Å²) in [5, 5.41) is 3.40. The van der Waals surface area contributed by atoms with Crippen LogP contribution in [-0.2, 0) is 0 Å². The van der Waals surface area contributed by atoms with E-state index < -0.39 is 0 Å². The Labute approximate surface area is 101 Å². The van der Waals surface area contributed by atoms with E-state index in [1.54, 1.807) is 13.3 Å². The van der Waals surface area contributed by atoms with E-state index in [1.807, 2.05) is 23.9 Å². The Balaban J connectivity index is 1.98. The summed E-state index contributed by atoms with van der Waals surface area (Å²) < 4.78 is 5.68. The molecule has 0 saturated heterocycles. The van der Waals surface area contributed by atoms with Gasteiger partial charge in [-0.1, -0.05) is 6.42 Å². The molecule has 0 aliphatic heterocycles. The van der Waals surface area contributed by atoms with Crippen molar-refractivity contribution in [3.8, 4) is 5.75 Å². The van der Waals surface area contributed by atoms with E-state index in [0.29, 0.717) is 4.75 Å². The van der Waals surface area contributed by atoms with Crippen LogP contribution in [0.4, 0.5) is 5.82 Å². The molecule has 0 unspecified atom stereocenters. The molecule has 0 aromatic carbocycles. The maximum atomic E-state index is 5.26. The Hall–Kier alpha value is -0.900. The predicted molar refractivity (Wildman–Crippen MR) is 69.4 cm³/mol. The maximum Gasteiger partial charge on any atom is 0.168 e. The smallest absolute Gasteiger partial charge is 0.168 e. The van der Waals surface area contributed by atoms with E-state index in [9.17, 15) is 0 Å². The average Bonchev–Trinajstić information content (AvgIpc) is 2.29. The van der Waals surface area contributed by atoms with Crippen molar-refractivity contribution >= 4 is 17.6 Å². The fourth-order valence-corrected chi connectivity index (χ4v) is 2.87. The van der Waals surface area contributed by atoms with E-state index in [4.69, 9.17) is 4.74 Å². The number of nitrogens with zero attached hydrogens (tertiary/aromatic N) is 1. The highest BCUT2D eigenvalue weighted by Gasteiger charge is 2.36. The Kier molecular flexibility index (Phi) is 3.59. The second kappa shape index (κ2) is 4.95. The summed E-state index contributed by atoms with van der Waals surface area (Å²) in [6.45, 7) is 0.974. The minimum absolute atomic E-state index is 0.419. The minimum Gasteiger partial charge on any atom is -0.493 e. The number of ether oxygens (including phenoxy) is 1. The number of rotatable bonds is 5. The SMILES string of the molecule is COc1cccnc1NCC1(SC)CCC1. The normalized spacial score (nSPS) is 17.6. The number of hydrogen-bond donors (Lipinski definition) is 1. The van der Waals surface area contributed by atoms with Gasteiger partial charge in [-0.2, -0.15) is 11.8 Å². The molecule has 2 rings (SSSR count). The number of aromatic nitrogens is 1. The van der Waals surface area contributed by atoms with Crippen molar-refractivity contribution in [1.29, 1.82) is 0 Å². The maximum absolute atomic E-state index is 5.26. The zero-order valence-electron chi connectivity index (χ0n) is 9.82. The van der Waals surface area contributed by atoms with Crippen LogP contribution in [0.15, 0.2) is 18.3 Å². The molecular formula is C12H18N2OS. The van der Waals surface area contributed by atoms with Gasteiger partial charge < -0.3 is 10.1 Å². The first-order valence-corrected chi connectivity index (χ1v) is 6.80. The average molecular weight is 238 g/mol. The molecule has 1 fully saturated rings. The van der Waals surface area contributed by atoms with Gasteiger partial charge in [0, 0.05) is 17.5 Å². The van der Waals surface area contributed by atoms with E-state index >= 15 is 0 Å². The molecular weight excluding hydrogens is 220 g/mol. The lowest BCUT2D eigenvalue weighted by Crippen LogP contribution is -2.40. The highest BCUT2D eigenvalue weighted by Crippen LogP contribution is 2.42. The summed E-state index contributed by atoms with van der Waals surface area (Å²) in [6.07, 6.45) is 7.93. The third kappa shape index (κ3) is 2.26. The van der Waals surface area contributed by atoms with E-state index in [-0.39, 0.29) is 0 Å². The van der Waals surface area contributed by atoms with Crippen LogP contribution in [-0.4, -0.2) is 29.6 Å². The van der Waals surface area contributed by atoms with Crippen molar-refractivity contribution in [2.45, 2.75) is 24.0 Å². The molecule has 0 spiro atoms. The van der Waals surface area contributed by atoms with Gasteiger partial charge in [0.15, 0.2) is 11.6 Å². The van der Waals surface area contributed by atoms with Gasteiger partial charge in [-0.15, -0.1) is 0 Å². The molecule has 0 radical (unpaired) electrons. The Bertz CT molecular complexity index is 347. The molecule has 0 amide bonds. The van der Waals surface area contributed by atoms with Gasteiger partial charge in [-0.05, 0) is 31.2 Å². The summed E-state index contributed by atoms with van der Waals surface area (Å²) in [7, 11) is 1.68. The first-order chi connectivity index (χ1) is 7.79. The highest BCUT2D eigenvalue weighted by molar-refractivity contribution is 8.00. The van der Waals surface area contributed by atoms with Crippen molar-refractivity contribution < 1.29 is 4.74 Å². The predicted octanol–water partition coefficient (Wildman–Crippen LogP) is 2.79. The van der Waals surface area contributed by atoms with Gasteiger partial charge in [-0.3, -0.25) is 0 Å². The van der Waals surface area contributed by atoms with Crippen LogP contribution in [0.2, 0.25) is 0 Å². The van der Waals surface area contributed by atoms with Crippen LogP contribution in [0, 0.1) is 0 Å². The van der Waals surface area contributed by atoms with Crippen molar-refractivity contribution in [1.82, 2.24) is 4.98 Å². The molecule has 4 heteroatoms. The van der Waals surface area contributed by atoms with Gasteiger partial charge in [0.25, 0.3) is 0 Å². The van der Waals surface area contributed by atoms with Crippen molar-refractivity contribution in [2.24, 2.45) is 0 Å². The fourth-order valence-electron chi connectivity index (χ4n) is 1.96. The van der Waals surface area contributed by atoms with Crippen molar-refractivity contribution in [3.63, 3.8) is 0 Å².